The van der Waals surface area contributed by atoms with Crippen molar-refractivity contribution in [1.29, 1.82) is 0 Å². The van der Waals surface area contributed by atoms with Crippen molar-refractivity contribution >= 4 is 29.0 Å². The number of pyridine rings is 1. The maximum absolute atomic E-state index is 12.6. The third-order valence-electron chi connectivity index (χ3n) is 3.97. The van der Waals surface area contributed by atoms with E-state index in [-0.39, 0.29) is 17.7 Å². The van der Waals surface area contributed by atoms with Crippen LogP contribution >= 0.6 is 11.3 Å². The average molecular weight is 383 g/mol. The maximum Gasteiger partial charge on any atom is 0.262 e. The Labute approximate surface area is 161 Å². The zero-order valence-electron chi connectivity index (χ0n) is 15.1. The number of nitrogens with one attached hydrogen (secondary N) is 2. The Kier molecular flexibility index (Phi) is 5.97. The van der Waals surface area contributed by atoms with Gasteiger partial charge in [-0.25, -0.2) is 0 Å². The minimum Gasteiger partial charge on any atom is -0.339 e. The van der Waals surface area contributed by atoms with Crippen molar-refractivity contribution in [3.8, 4) is 0 Å². The van der Waals surface area contributed by atoms with E-state index in [0.29, 0.717) is 17.2 Å². The van der Waals surface area contributed by atoms with E-state index in [9.17, 15) is 9.59 Å². The summed E-state index contributed by atoms with van der Waals surface area (Å²) in [6.07, 6.45) is 5.25. The van der Waals surface area contributed by atoms with Gasteiger partial charge in [-0.05, 0) is 35.1 Å². The van der Waals surface area contributed by atoms with E-state index in [1.807, 2.05) is 31.4 Å². The molecule has 0 aliphatic rings. The third kappa shape index (κ3) is 5.01. The van der Waals surface area contributed by atoms with Crippen molar-refractivity contribution in [2.45, 2.75) is 26.4 Å². The van der Waals surface area contributed by atoms with Crippen LogP contribution in [0.15, 0.2) is 54.3 Å². The van der Waals surface area contributed by atoms with Crippen LogP contribution in [0.1, 0.15) is 29.1 Å². The molecule has 0 aliphatic carbocycles. The summed E-state index contributed by atoms with van der Waals surface area (Å²) in [4.78, 5) is 29.5. The van der Waals surface area contributed by atoms with Gasteiger partial charge in [0, 0.05) is 24.7 Å². The highest BCUT2D eigenvalue weighted by Crippen LogP contribution is 2.12. The highest BCUT2D eigenvalue weighted by Gasteiger charge is 2.25. The fourth-order valence-electron chi connectivity index (χ4n) is 2.55. The molecule has 7 nitrogen and oxygen atoms in total. The minimum absolute atomic E-state index is 0.0622. The number of carbonyl (C=O) groups is 2. The van der Waals surface area contributed by atoms with Gasteiger partial charge in [-0.15, -0.1) is 11.3 Å². The molecule has 0 spiro atoms. The summed E-state index contributed by atoms with van der Waals surface area (Å²) < 4.78 is 1.74. The van der Waals surface area contributed by atoms with Gasteiger partial charge in [0.25, 0.3) is 5.91 Å². The molecule has 0 saturated heterocycles. The molecule has 27 heavy (non-hydrogen) atoms. The maximum atomic E-state index is 12.6. The number of amides is 2. The molecular weight excluding hydrogens is 362 g/mol. The van der Waals surface area contributed by atoms with Crippen LogP contribution in [-0.2, 0) is 11.3 Å². The van der Waals surface area contributed by atoms with Crippen LogP contribution in [0.5, 0.6) is 0 Å². The predicted molar refractivity (Wildman–Crippen MR) is 105 cm³/mol. The fourth-order valence-corrected chi connectivity index (χ4v) is 3.18. The van der Waals surface area contributed by atoms with Crippen LogP contribution in [0.25, 0.3) is 0 Å². The SMILES string of the molecule is CC(C)C(NC(=O)c1cccs1)C(=O)Nc1ccn(Cc2ccncc2)n1. The molecule has 0 saturated carbocycles. The van der Waals surface area contributed by atoms with E-state index in [0.717, 1.165) is 5.56 Å². The van der Waals surface area contributed by atoms with E-state index < -0.39 is 6.04 Å². The molecule has 8 heteroatoms. The zero-order valence-corrected chi connectivity index (χ0v) is 15.9. The summed E-state index contributed by atoms with van der Waals surface area (Å²) >= 11 is 1.34. The molecule has 0 radical (unpaired) electrons. The van der Waals surface area contributed by atoms with Crippen LogP contribution in [0.3, 0.4) is 0 Å². The molecule has 1 unspecified atom stereocenters. The molecule has 2 N–H and O–H groups in total. The van der Waals surface area contributed by atoms with Crippen LogP contribution < -0.4 is 10.6 Å². The van der Waals surface area contributed by atoms with Crippen molar-refractivity contribution in [3.05, 3.63) is 64.7 Å². The summed E-state index contributed by atoms with van der Waals surface area (Å²) in [5.74, 6) is -0.149. The first-order chi connectivity index (χ1) is 13.0. The van der Waals surface area contributed by atoms with Gasteiger partial charge in [0.1, 0.15) is 6.04 Å². The number of rotatable bonds is 7. The summed E-state index contributed by atoms with van der Waals surface area (Å²) in [6, 6.07) is 8.45. The second-order valence-corrected chi connectivity index (χ2v) is 7.36. The van der Waals surface area contributed by atoms with Gasteiger partial charge in [-0.1, -0.05) is 19.9 Å². The predicted octanol–water partition coefficient (Wildman–Crippen LogP) is 2.78. The molecule has 140 valence electrons. The van der Waals surface area contributed by atoms with Gasteiger partial charge in [-0.2, -0.15) is 5.10 Å². The Balaban J connectivity index is 1.63. The lowest BCUT2D eigenvalue weighted by molar-refractivity contribution is -0.118. The normalized spacial score (nSPS) is 12.0. The van der Waals surface area contributed by atoms with Crippen LogP contribution in [0.2, 0.25) is 0 Å². The Bertz CT molecular complexity index is 890. The summed E-state index contributed by atoms with van der Waals surface area (Å²) in [6.45, 7) is 4.36. The monoisotopic (exact) mass is 383 g/mol. The van der Waals surface area contributed by atoms with E-state index in [1.165, 1.54) is 11.3 Å². The number of carbonyl (C=O) groups excluding carboxylic acids is 2. The summed E-state index contributed by atoms with van der Waals surface area (Å²) in [7, 11) is 0. The fraction of sp³-hybridized carbons (Fsp3) is 0.263. The van der Waals surface area contributed by atoms with Crippen molar-refractivity contribution in [2.24, 2.45) is 5.92 Å². The third-order valence-corrected chi connectivity index (χ3v) is 4.84. The minimum atomic E-state index is -0.648. The molecule has 0 aliphatic heterocycles. The van der Waals surface area contributed by atoms with Crippen LogP contribution in [-0.4, -0.2) is 32.6 Å². The Morgan fingerprint density at radius 3 is 2.63 bits per heavy atom. The van der Waals surface area contributed by atoms with Gasteiger partial charge in [0.2, 0.25) is 5.91 Å². The second kappa shape index (κ2) is 8.59. The molecule has 3 heterocycles. The molecule has 2 amide bonds. The first-order valence-electron chi connectivity index (χ1n) is 8.60. The molecule has 0 aromatic carbocycles. The number of hydrogen-bond acceptors (Lipinski definition) is 5. The van der Waals surface area contributed by atoms with Crippen molar-refractivity contribution in [1.82, 2.24) is 20.1 Å². The molecule has 3 rings (SSSR count). The van der Waals surface area contributed by atoms with Gasteiger partial charge in [-0.3, -0.25) is 19.3 Å². The lowest BCUT2D eigenvalue weighted by atomic mass is 10.0. The summed E-state index contributed by atoms with van der Waals surface area (Å²) in [5, 5.41) is 11.8. The van der Waals surface area contributed by atoms with Gasteiger partial charge >= 0.3 is 0 Å². The second-order valence-electron chi connectivity index (χ2n) is 6.42. The molecule has 3 aromatic rings. The lowest BCUT2D eigenvalue weighted by Gasteiger charge is -2.20. The molecular formula is C19H21N5O2S. The Hall–Kier alpha value is -3.00. The van der Waals surface area contributed by atoms with Gasteiger partial charge < -0.3 is 10.6 Å². The number of aromatic nitrogens is 3. The molecule has 0 bridgehead atoms. The van der Waals surface area contributed by atoms with Crippen LogP contribution in [0, 0.1) is 5.92 Å². The van der Waals surface area contributed by atoms with E-state index in [2.05, 4.69) is 20.7 Å². The standard InChI is InChI=1S/C19H21N5O2S/c1-13(2)17(22-18(25)15-4-3-11-27-15)19(26)21-16-7-10-24(23-16)12-14-5-8-20-9-6-14/h3-11,13,17H,12H2,1-2H3,(H,22,25)(H,21,23,26). The number of hydrogen-bond donors (Lipinski definition) is 2. The van der Waals surface area contributed by atoms with Gasteiger partial charge in [0.05, 0.1) is 11.4 Å². The zero-order chi connectivity index (χ0) is 19.2. The van der Waals surface area contributed by atoms with Gasteiger partial charge in [0.15, 0.2) is 5.82 Å². The average Bonchev–Trinajstić information content (AvgIpc) is 3.32. The number of nitrogens with zero attached hydrogens (tertiary/aromatic N) is 3. The Morgan fingerprint density at radius 2 is 1.96 bits per heavy atom. The largest absolute Gasteiger partial charge is 0.339 e. The number of anilines is 1. The first kappa shape index (κ1) is 18.8. The smallest absolute Gasteiger partial charge is 0.262 e. The summed E-state index contributed by atoms with van der Waals surface area (Å²) in [5.41, 5.74) is 1.06. The van der Waals surface area contributed by atoms with E-state index in [1.54, 1.807) is 41.5 Å². The quantitative estimate of drug-likeness (QED) is 0.657. The van der Waals surface area contributed by atoms with E-state index in [4.69, 9.17) is 0 Å². The van der Waals surface area contributed by atoms with E-state index >= 15 is 0 Å². The van der Waals surface area contributed by atoms with Crippen molar-refractivity contribution in [2.75, 3.05) is 5.32 Å². The molecule has 1 atom stereocenters. The lowest BCUT2D eigenvalue weighted by Crippen LogP contribution is -2.47. The topological polar surface area (TPSA) is 88.9 Å². The Morgan fingerprint density at radius 1 is 1.19 bits per heavy atom. The van der Waals surface area contributed by atoms with Crippen molar-refractivity contribution in [3.63, 3.8) is 0 Å². The highest BCUT2D eigenvalue weighted by molar-refractivity contribution is 7.12. The first-order valence-corrected chi connectivity index (χ1v) is 9.48. The highest BCUT2D eigenvalue weighted by atomic mass is 32.1. The van der Waals surface area contributed by atoms with Crippen LogP contribution in [0.4, 0.5) is 5.82 Å². The molecule has 0 fully saturated rings. The van der Waals surface area contributed by atoms with Crippen molar-refractivity contribution < 1.29 is 9.59 Å². The number of thiophene rings is 1. The molecule has 3 aromatic heterocycles.